The van der Waals surface area contributed by atoms with Gasteiger partial charge in [-0.3, -0.25) is 0 Å². The van der Waals surface area contributed by atoms with E-state index in [0.29, 0.717) is 11.8 Å². The number of aliphatic hydroxyl groups is 3. The third kappa shape index (κ3) is 2.42. The number of allylic oxidation sites excluding steroid dienone is 2. The van der Waals surface area contributed by atoms with E-state index in [1.165, 1.54) is 18.4 Å². The molecule has 11 atom stereocenters. The molecule has 6 aliphatic rings. The molecule has 2 bridgehead atoms. The molecule has 0 amide bonds. The van der Waals surface area contributed by atoms with Crippen molar-refractivity contribution in [1.82, 2.24) is 0 Å². The van der Waals surface area contributed by atoms with E-state index < -0.39 is 11.5 Å². The van der Waals surface area contributed by atoms with Crippen LogP contribution in [0.1, 0.15) is 93.4 Å². The lowest BCUT2D eigenvalue weighted by Gasteiger charge is -2.71. The Balaban J connectivity index is 1.48. The molecule has 0 aromatic heterocycles. The second-order valence-corrected chi connectivity index (χ2v) is 15.4. The number of hydrogen-bond donors (Lipinski definition) is 3. The number of hydrogen-bond acceptors (Lipinski definition) is 4. The van der Waals surface area contributed by atoms with Crippen molar-refractivity contribution in [2.24, 2.45) is 50.2 Å². The number of aliphatic hydroxyl groups excluding tert-OH is 3. The molecule has 4 heteroatoms. The monoisotopic (exact) mass is 472 g/mol. The molecule has 4 nitrogen and oxygen atoms in total. The van der Waals surface area contributed by atoms with Crippen LogP contribution in [0.4, 0.5) is 0 Å². The lowest BCUT2D eigenvalue weighted by molar-refractivity contribution is -0.211. The Morgan fingerprint density at radius 3 is 2.32 bits per heavy atom. The second-order valence-electron chi connectivity index (χ2n) is 15.4. The molecule has 34 heavy (non-hydrogen) atoms. The molecule has 1 saturated heterocycles. The number of fused-ring (bicyclic) bond motifs is 7. The zero-order valence-corrected chi connectivity index (χ0v) is 22.5. The molecular formula is C30H48O4. The Morgan fingerprint density at radius 2 is 1.65 bits per heavy atom. The summed E-state index contributed by atoms with van der Waals surface area (Å²) in [6, 6.07) is 0. The first-order chi connectivity index (χ1) is 15.7. The lowest BCUT2D eigenvalue weighted by Crippen LogP contribution is -2.67. The molecule has 1 heterocycles. The van der Waals surface area contributed by atoms with E-state index in [1.807, 2.05) is 0 Å². The predicted molar refractivity (Wildman–Crippen MR) is 133 cm³/mol. The maximum atomic E-state index is 11.5. The van der Waals surface area contributed by atoms with E-state index in [2.05, 4.69) is 54.5 Å². The summed E-state index contributed by atoms with van der Waals surface area (Å²) in [5.74, 6) is 1.30. The van der Waals surface area contributed by atoms with Crippen LogP contribution in [0, 0.1) is 50.2 Å². The molecule has 0 spiro atoms. The first-order valence-corrected chi connectivity index (χ1v) is 14.0. The first-order valence-electron chi connectivity index (χ1n) is 14.0. The zero-order valence-electron chi connectivity index (χ0n) is 22.5. The van der Waals surface area contributed by atoms with Gasteiger partial charge in [-0.15, -0.1) is 0 Å². The fourth-order valence-electron chi connectivity index (χ4n) is 11.4. The molecule has 192 valence electrons. The SMILES string of the molecule is CC1(C)CC2C3=CCC4[C@@]5(C)CC[C@H](O)C(C)(C)C5CC[C@@]4(C)[C@]3(C)C[C@H]3O[C@@H]1[C@H](O)[C@@]23CO. The quantitative estimate of drug-likeness (QED) is 0.465. The van der Waals surface area contributed by atoms with Gasteiger partial charge in [-0.05, 0) is 89.8 Å². The van der Waals surface area contributed by atoms with Crippen LogP contribution in [0.5, 0.6) is 0 Å². The van der Waals surface area contributed by atoms with Crippen LogP contribution in [-0.2, 0) is 4.74 Å². The molecule has 0 aromatic rings. The molecule has 5 aliphatic carbocycles. The van der Waals surface area contributed by atoms with E-state index >= 15 is 0 Å². The highest BCUT2D eigenvalue weighted by atomic mass is 16.5. The van der Waals surface area contributed by atoms with Gasteiger partial charge in [0.15, 0.2) is 0 Å². The maximum Gasteiger partial charge on any atom is 0.0916 e. The van der Waals surface area contributed by atoms with E-state index in [4.69, 9.17) is 4.74 Å². The van der Waals surface area contributed by atoms with E-state index in [-0.39, 0.29) is 57.9 Å². The van der Waals surface area contributed by atoms with E-state index in [0.717, 1.165) is 32.1 Å². The van der Waals surface area contributed by atoms with Crippen LogP contribution in [0.15, 0.2) is 11.6 Å². The van der Waals surface area contributed by atoms with Gasteiger partial charge in [0, 0.05) is 0 Å². The van der Waals surface area contributed by atoms with Gasteiger partial charge in [-0.25, -0.2) is 0 Å². The van der Waals surface area contributed by atoms with Crippen molar-refractivity contribution in [2.45, 2.75) is 118 Å². The van der Waals surface area contributed by atoms with Gasteiger partial charge in [-0.1, -0.05) is 60.1 Å². The Kier molecular flexibility index (Phi) is 4.73. The highest BCUT2D eigenvalue weighted by Gasteiger charge is 2.75. The Bertz CT molecular complexity index is 923. The Labute approximate surface area is 206 Å². The third-order valence-corrected chi connectivity index (χ3v) is 13.6. The van der Waals surface area contributed by atoms with Crippen molar-refractivity contribution in [2.75, 3.05) is 6.61 Å². The van der Waals surface area contributed by atoms with Crippen LogP contribution in [0.2, 0.25) is 0 Å². The van der Waals surface area contributed by atoms with Crippen LogP contribution in [0.3, 0.4) is 0 Å². The van der Waals surface area contributed by atoms with Crippen LogP contribution in [-0.4, -0.2) is 46.3 Å². The lowest BCUT2D eigenvalue weighted by atomic mass is 9.33. The minimum atomic E-state index is -0.596. The fourth-order valence-corrected chi connectivity index (χ4v) is 11.4. The fraction of sp³-hybridized carbons (Fsp3) is 0.933. The molecule has 5 fully saturated rings. The van der Waals surface area contributed by atoms with Gasteiger partial charge in [-0.2, -0.15) is 0 Å². The number of ether oxygens (including phenoxy) is 1. The van der Waals surface area contributed by atoms with Gasteiger partial charge in [0.1, 0.15) is 0 Å². The summed E-state index contributed by atoms with van der Waals surface area (Å²) in [7, 11) is 0. The third-order valence-electron chi connectivity index (χ3n) is 13.6. The highest BCUT2D eigenvalue weighted by Crippen LogP contribution is 2.77. The van der Waals surface area contributed by atoms with Gasteiger partial charge in [0.25, 0.3) is 0 Å². The van der Waals surface area contributed by atoms with Crippen molar-refractivity contribution in [1.29, 1.82) is 0 Å². The zero-order chi connectivity index (χ0) is 24.7. The summed E-state index contributed by atoms with van der Waals surface area (Å²) in [5.41, 5.74) is 1.21. The second kappa shape index (κ2) is 6.71. The average Bonchev–Trinajstić information content (AvgIpc) is 3.00. The molecule has 3 unspecified atom stereocenters. The summed E-state index contributed by atoms with van der Waals surface area (Å²) in [5, 5.41) is 33.2. The summed E-state index contributed by atoms with van der Waals surface area (Å²) < 4.78 is 6.73. The molecule has 1 aliphatic heterocycles. The Hall–Kier alpha value is -0.420. The molecule has 3 N–H and O–H groups in total. The highest BCUT2D eigenvalue weighted by molar-refractivity contribution is 5.37. The van der Waals surface area contributed by atoms with Gasteiger partial charge >= 0.3 is 0 Å². The van der Waals surface area contributed by atoms with Crippen LogP contribution >= 0.6 is 0 Å². The predicted octanol–water partition coefficient (Wildman–Crippen LogP) is 5.10. The summed E-state index contributed by atoms with van der Waals surface area (Å²) in [6.45, 7) is 16.7. The molecule has 0 aromatic carbocycles. The van der Waals surface area contributed by atoms with Crippen molar-refractivity contribution in [3.05, 3.63) is 11.6 Å². The average molecular weight is 473 g/mol. The normalized spacial score (nSPS) is 58.9. The minimum Gasteiger partial charge on any atom is -0.396 e. The molecular weight excluding hydrogens is 424 g/mol. The molecule has 6 rings (SSSR count). The van der Waals surface area contributed by atoms with Crippen molar-refractivity contribution in [3.8, 4) is 0 Å². The smallest absolute Gasteiger partial charge is 0.0916 e. The first kappa shape index (κ1) is 23.9. The van der Waals surface area contributed by atoms with Crippen molar-refractivity contribution < 1.29 is 20.1 Å². The topological polar surface area (TPSA) is 69.9 Å². The minimum absolute atomic E-state index is 0.00708. The van der Waals surface area contributed by atoms with E-state index in [9.17, 15) is 15.3 Å². The van der Waals surface area contributed by atoms with Crippen LogP contribution < -0.4 is 0 Å². The molecule has 4 saturated carbocycles. The van der Waals surface area contributed by atoms with Gasteiger partial charge < -0.3 is 20.1 Å². The van der Waals surface area contributed by atoms with Crippen LogP contribution in [0.25, 0.3) is 0 Å². The van der Waals surface area contributed by atoms with E-state index in [1.54, 1.807) is 0 Å². The summed E-state index contributed by atoms with van der Waals surface area (Å²) in [6.07, 6.45) is 8.84. The maximum absolute atomic E-state index is 11.5. The van der Waals surface area contributed by atoms with Gasteiger partial charge in [0.2, 0.25) is 0 Å². The number of rotatable bonds is 1. The summed E-state index contributed by atoms with van der Waals surface area (Å²) in [4.78, 5) is 0. The summed E-state index contributed by atoms with van der Waals surface area (Å²) >= 11 is 0. The molecule has 0 radical (unpaired) electrons. The van der Waals surface area contributed by atoms with Gasteiger partial charge in [0.05, 0.1) is 36.4 Å². The standard InChI is InChI=1S/C30H48O4/c1-25(2)14-18-17-8-9-20-27(5)12-11-21(32)26(3,4)19(27)10-13-28(20,6)29(17,7)15-22-30(18,16-31)23(33)24(25)34-22/h8,18-24,31-33H,9-16H2,1-7H3/t18?,19?,20?,21-,22+,23-,24+,27-,28+,29+,30-/m0/s1. The van der Waals surface area contributed by atoms with Crippen molar-refractivity contribution in [3.63, 3.8) is 0 Å². The largest absolute Gasteiger partial charge is 0.396 e. The Morgan fingerprint density at radius 1 is 0.941 bits per heavy atom. The van der Waals surface area contributed by atoms with Crippen molar-refractivity contribution >= 4 is 0 Å².